The van der Waals surface area contributed by atoms with E-state index in [0.717, 1.165) is 10.9 Å². The molecule has 0 saturated heterocycles. The van der Waals surface area contributed by atoms with Crippen LogP contribution < -0.4 is 5.73 Å². The number of thiazole rings is 1. The summed E-state index contributed by atoms with van der Waals surface area (Å²) in [5.74, 6) is 0.738. The number of aromatic nitrogens is 1. The zero-order valence-electron chi connectivity index (χ0n) is 5.71. The molecule has 1 saturated carbocycles. The molecule has 1 aromatic heterocycles. The predicted molar refractivity (Wildman–Crippen MR) is 43.1 cm³/mol. The molecular formula is C7H10N2S. The van der Waals surface area contributed by atoms with Crippen LogP contribution in [0.25, 0.3) is 0 Å². The fourth-order valence-electron chi connectivity index (χ4n) is 1.14. The van der Waals surface area contributed by atoms with Gasteiger partial charge in [-0.15, -0.1) is 11.3 Å². The maximum atomic E-state index is 5.55. The summed E-state index contributed by atoms with van der Waals surface area (Å²) in [6.45, 7) is 0. The Morgan fingerprint density at radius 1 is 1.60 bits per heavy atom. The van der Waals surface area contributed by atoms with Gasteiger partial charge in [-0.1, -0.05) is 6.42 Å². The van der Waals surface area contributed by atoms with Gasteiger partial charge >= 0.3 is 0 Å². The molecule has 2 N–H and O–H groups in total. The summed E-state index contributed by atoms with van der Waals surface area (Å²) in [6, 6.07) is 0. The standard InChI is InChI=1S/C7H10N2S/c8-6-4-9-7(10-6)5-2-1-3-5/h4-5H,1-3,8H2. The first-order valence-corrected chi connectivity index (χ1v) is 4.39. The Morgan fingerprint density at radius 2 is 2.40 bits per heavy atom. The minimum atomic E-state index is 0.738. The van der Waals surface area contributed by atoms with E-state index in [1.54, 1.807) is 17.5 Å². The molecule has 0 spiro atoms. The first kappa shape index (κ1) is 6.16. The smallest absolute Gasteiger partial charge is 0.106 e. The fraction of sp³-hybridized carbons (Fsp3) is 0.571. The maximum absolute atomic E-state index is 5.55. The normalized spacial score (nSPS) is 18.8. The molecule has 0 unspecified atom stereocenters. The summed E-state index contributed by atoms with van der Waals surface area (Å²) >= 11 is 1.64. The Bertz CT molecular complexity index is 227. The van der Waals surface area contributed by atoms with Crippen molar-refractivity contribution in [1.29, 1.82) is 0 Å². The van der Waals surface area contributed by atoms with Crippen molar-refractivity contribution in [2.45, 2.75) is 25.2 Å². The van der Waals surface area contributed by atoms with Crippen molar-refractivity contribution in [3.63, 3.8) is 0 Å². The van der Waals surface area contributed by atoms with E-state index in [9.17, 15) is 0 Å². The van der Waals surface area contributed by atoms with Gasteiger partial charge in [0.15, 0.2) is 0 Å². The van der Waals surface area contributed by atoms with Crippen LogP contribution in [-0.4, -0.2) is 4.98 Å². The molecule has 1 aliphatic carbocycles. The van der Waals surface area contributed by atoms with Gasteiger partial charge in [0.05, 0.1) is 11.2 Å². The summed E-state index contributed by atoms with van der Waals surface area (Å²) in [5, 5.41) is 2.09. The highest BCUT2D eigenvalue weighted by Crippen LogP contribution is 2.38. The van der Waals surface area contributed by atoms with E-state index < -0.39 is 0 Å². The van der Waals surface area contributed by atoms with Crippen molar-refractivity contribution in [3.05, 3.63) is 11.2 Å². The number of hydrogen-bond acceptors (Lipinski definition) is 3. The van der Waals surface area contributed by atoms with Crippen LogP contribution in [-0.2, 0) is 0 Å². The van der Waals surface area contributed by atoms with Crippen LogP contribution in [0, 0.1) is 0 Å². The van der Waals surface area contributed by atoms with Crippen LogP contribution in [0.15, 0.2) is 6.20 Å². The molecule has 3 heteroatoms. The topological polar surface area (TPSA) is 38.9 Å². The van der Waals surface area contributed by atoms with E-state index >= 15 is 0 Å². The van der Waals surface area contributed by atoms with Crippen LogP contribution in [0.3, 0.4) is 0 Å². The summed E-state index contributed by atoms with van der Waals surface area (Å²) < 4.78 is 0. The molecule has 10 heavy (non-hydrogen) atoms. The highest BCUT2D eigenvalue weighted by molar-refractivity contribution is 7.15. The zero-order chi connectivity index (χ0) is 6.97. The van der Waals surface area contributed by atoms with Crippen molar-refractivity contribution in [2.75, 3.05) is 5.73 Å². The highest BCUT2D eigenvalue weighted by atomic mass is 32.1. The van der Waals surface area contributed by atoms with Crippen molar-refractivity contribution >= 4 is 16.3 Å². The summed E-state index contributed by atoms with van der Waals surface area (Å²) in [6.07, 6.45) is 5.75. The number of nitrogens with zero attached hydrogens (tertiary/aromatic N) is 1. The van der Waals surface area contributed by atoms with Gasteiger partial charge in [0.1, 0.15) is 5.00 Å². The van der Waals surface area contributed by atoms with Crippen LogP contribution >= 0.6 is 11.3 Å². The number of nitrogens with two attached hydrogens (primary N) is 1. The molecule has 1 fully saturated rings. The lowest BCUT2D eigenvalue weighted by molar-refractivity contribution is 0.418. The quantitative estimate of drug-likeness (QED) is 0.672. The van der Waals surface area contributed by atoms with Crippen LogP contribution in [0.2, 0.25) is 0 Å². The van der Waals surface area contributed by atoms with E-state index in [0.29, 0.717) is 0 Å². The first-order chi connectivity index (χ1) is 4.86. The Morgan fingerprint density at radius 3 is 2.80 bits per heavy atom. The Balaban J connectivity index is 2.17. The fourth-order valence-corrected chi connectivity index (χ4v) is 2.00. The second-order valence-electron chi connectivity index (χ2n) is 2.73. The number of nitrogen functional groups attached to an aromatic ring is 1. The van der Waals surface area contributed by atoms with E-state index in [1.807, 2.05) is 0 Å². The number of anilines is 1. The predicted octanol–water partition coefficient (Wildman–Crippen LogP) is 1.99. The summed E-state index contributed by atoms with van der Waals surface area (Å²) in [4.78, 5) is 4.23. The van der Waals surface area contributed by atoms with Crippen LogP contribution in [0.1, 0.15) is 30.2 Å². The zero-order valence-corrected chi connectivity index (χ0v) is 6.53. The van der Waals surface area contributed by atoms with E-state index in [4.69, 9.17) is 5.73 Å². The molecule has 0 radical (unpaired) electrons. The molecule has 2 rings (SSSR count). The lowest BCUT2D eigenvalue weighted by atomic mass is 9.86. The molecule has 0 amide bonds. The Labute approximate surface area is 64.1 Å². The monoisotopic (exact) mass is 154 g/mol. The van der Waals surface area contributed by atoms with Crippen molar-refractivity contribution < 1.29 is 0 Å². The molecule has 1 heterocycles. The third-order valence-electron chi connectivity index (χ3n) is 2.00. The minimum Gasteiger partial charge on any atom is -0.389 e. The van der Waals surface area contributed by atoms with Gasteiger partial charge < -0.3 is 5.73 Å². The maximum Gasteiger partial charge on any atom is 0.106 e. The molecule has 1 aromatic rings. The third-order valence-corrected chi connectivity index (χ3v) is 2.98. The van der Waals surface area contributed by atoms with Gasteiger partial charge in [0.25, 0.3) is 0 Å². The van der Waals surface area contributed by atoms with Crippen molar-refractivity contribution in [3.8, 4) is 0 Å². The molecule has 2 nitrogen and oxygen atoms in total. The third kappa shape index (κ3) is 0.904. The van der Waals surface area contributed by atoms with Gasteiger partial charge in [-0.2, -0.15) is 0 Å². The van der Waals surface area contributed by atoms with Crippen LogP contribution in [0.4, 0.5) is 5.00 Å². The molecule has 0 bridgehead atoms. The highest BCUT2D eigenvalue weighted by Gasteiger charge is 2.21. The molecule has 0 aliphatic heterocycles. The molecule has 1 aliphatic rings. The molecular weight excluding hydrogens is 144 g/mol. The molecule has 54 valence electrons. The van der Waals surface area contributed by atoms with E-state index in [-0.39, 0.29) is 0 Å². The Hall–Kier alpha value is -0.570. The van der Waals surface area contributed by atoms with E-state index in [2.05, 4.69) is 4.98 Å². The van der Waals surface area contributed by atoms with Gasteiger partial charge in [-0.25, -0.2) is 4.98 Å². The minimum absolute atomic E-state index is 0.738. The van der Waals surface area contributed by atoms with Gasteiger partial charge in [-0.3, -0.25) is 0 Å². The summed E-state index contributed by atoms with van der Waals surface area (Å²) in [5.41, 5.74) is 5.55. The molecule has 0 atom stereocenters. The lowest BCUT2D eigenvalue weighted by Gasteiger charge is -2.22. The molecule has 0 aromatic carbocycles. The lowest BCUT2D eigenvalue weighted by Crippen LogP contribution is -2.07. The average Bonchev–Trinajstić information content (AvgIpc) is 2.10. The number of rotatable bonds is 1. The SMILES string of the molecule is Nc1cnc(C2CCC2)s1. The summed E-state index contributed by atoms with van der Waals surface area (Å²) in [7, 11) is 0. The van der Waals surface area contributed by atoms with Gasteiger partial charge in [0.2, 0.25) is 0 Å². The first-order valence-electron chi connectivity index (χ1n) is 3.57. The van der Waals surface area contributed by atoms with Gasteiger partial charge in [-0.05, 0) is 12.8 Å². The van der Waals surface area contributed by atoms with Crippen LogP contribution in [0.5, 0.6) is 0 Å². The second-order valence-corrected chi connectivity index (χ2v) is 3.82. The van der Waals surface area contributed by atoms with E-state index in [1.165, 1.54) is 24.3 Å². The second kappa shape index (κ2) is 2.23. The largest absolute Gasteiger partial charge is 0.389 e. The van der Waals surface area contributed by atoms with Crippen molar-refractivity contribution in [2.24, 2.45) is 0 Å². The number of hydrogen-bond donors (Lipinski definition) is 1. The average molecular weight is 154 g/mol. The van der Waals surface area contributed by atoms with Gasteiger partial charge in [0, 0.05) is 5.92 Å². The van der Waals surface area contributed by atoms with Crippen molar-refractivity contribution in [1.82, 2.24) is 4.98 Å². The Kier molecular flexibility index (Phi) is 1.38.